The largest absolute Gasteiger partial charge is 0.349 e. The lowest BCUT2D eigenvalue weighted by Crippen LogP contribution is -2.36. The van der Waals surface area contributed by atoms with Gasteiger partial charge in [0.15, 0.2) is 0 Å². The second kappa shape index (κ2) is 8.22. The van der Waals surface area contributed by atoms with Crippen LogP contribution in [0.2, 0.25) is 10.0 Å². The molecule has 1 heterocycles. The van der Waals surface area contributed by atoms with Crippen LogP contribution in [0.3, 0.4) is 0 Å². The summed E-state index contributed by atoms with van der Waals surface area (Å²) in [5, 5.41) is 7.76. The summed E-state index contributed by atoms with van der Waals surface area (Å²) in [5.41, 5.74) is 2.11. The van der Waals surface area contributed by atoms with Gasteiger partial charge >= 0.3 is 0 Å². The Balaban J connectivity index is 1.76. The number of carbonyl (C=O) groups excluding carboxylic acids is 1. The quantitative estimate of drug-likeness (QED) is 0.802. The van der Waals surface area contributed by atoms with Gasteiger partial charge in [-0.2, -0.15) is 0 Å². The molecule has 5 heteroatoms. The molecule has 132 valence electrons. The maximum atomic E-state index is 12.9. The molecule has 0 radical (unpaired) electrons. The molecule has 3 nitrogen and oxygen atoms in total. The Bertz CT molecular complexity index is 736. The van der Waals surface area contributed by atoms with Crippen molar-refractivity contribution >= 4 is 29.1 Å². The van der Waals surface area contributed by atoms with E-state index in [1.807, 2.05) is 30.3 Å². The summed E-state index contributed by atoms with van der Waals surface area (Å²) in [4.78, 5) is 12.9. The fourth-order valence-electron chi connectivity index (χ4n) is 3.47. The smallest absolute Gasteiger partial charge is 0.225 e. The van der Waals surface area contributed by atoms with Crippen LogP contribution in [-0.2, 0) is 4.79 Å². The van der Waals surface area contributed by atoms with Crippen molar-refractivity contribution in [1.82, 2.24) is 10.6 Å². The molecular formula is C20H22Cl2N2O. The molecule has 1 aliphatic rings. The molecule has 2 N–H and O–H groups in total. The van der Waals surface area contributed by atoms with E-state index in [1.165, 1.54) is 0 Å². The molecule has 0 spiro atoms. The summed E-state index contributed by atoms with van der Waals surface area (Å²) in [7, 11) is 0. The molecule has 2 aromatic carbocycles. The first-order chi connectivity index (χ1) is 12.1. The van der Waals surface area contributed by atoms with Gasteiger partial charge in [-0.05, 0) is 29.7 Å². The number of hydrogen-bond donors (Lipinski definition) is 2. The molecule has 1 saturated heterocycles. The van der Waals surface area contributed by atoms with E-state index in [4.69, 9.17) is 23.2 Å². The average Bonchev–Trinajstić information content (AvgIpc) is 3.09. The monoisotopic (exact) mass is 376 g/mol. The van der Waals surface area contributed by atoms with Crippen LogP contribution in [0.5, 0.6) is 0 Å². The number of halogens is 2. The molecular weight excluding hydrogens is 355 g/mol. The van der Waals surface area contributed by atoms with E-state index in [2.05, 4.69) is 29.7 Å². The zero-order valence-corrected chi connectivity index (χ0v) is 15.6. The summed E-state index contributed by atoms with van der Waals surface area (Å²) >= 11 is 12.4. The molecule has 0 aromatic heterocycles. The van der Waals surface area contributed by atoms with E-state index < -0.39 is 0 Å². The Morgan fingerprint density at radius 3 is 2.64 bits per heavy atom. The first-order valence-corrected chi connectivity index (χ1v) is 9.36. The predicted octanol–water partition coefficient (Wildman–Crippen LogP) is 4.56. The summed E-state index contributed by atoms with van der Waals surface area (Å²) in [6.07, 6.45) is 0.849. The van der Waals surface area contributed by atoms with E-state index in [9.17, 15) is 4.79 Å². The van der Waals surface area contributed by atoms with Crippen LogP contribution in [-0.4, -0.2) is 19.0 Å². The molecule has 0 aliphatic carbocycles. The second-order valence-corrected chi connectivity index (χ2v) is 7.26. The van der Waals surface area contributed by atoms with Crippen LogP contribution in [0.25, 0.3) is 0 Å². The molecule has 0 saturated carbocycles. The summed E-state index contributed by atoms with van der Waals surface area (Å²) in [6.45, 7) is 3.47. The van der Waals surface area contributed by atoms with Crippen molar-refractivity contribution in [3.05, 3.63) is 69.7 Å². The molecule has 1 fully saturated rings. The highest BCUT2D eigenvalue weighted by molar-refractivity contribution is 6.35. The molecule has 3 unspecified atom stereocenters. The van der Waals surface area contributed by atoms with Gasteiger partial charge in [-0.1, -0.05) is 66.5 Å². The van der Waals surface area contributed by atoms with Crippen molar-refractivity contribution < 1.29 is 4.79 Å². The van der Waals surface area contributed by atoms with Crippen molar-refractivity contribution in [1.29, 1.82) is 0 Å². The molecule has 3 rings (SSSR count). The van der Waals surface area contributed by atoms with Gasteiger partial charge in [0.1, 0.15) is 0 Å². The molecule has 25 heavy (non-hydrogen) atoms. The zero-order chi connectivity index (χ0) is 17.8. The van der Waals surface area contributed by atoms with Crippen LogP contribution < -0.4 is 10.6 Å². The van der Waals surface area contributed by atoms with E-state index >= 15 is 0 Å². The number of carbonyl (C=O) groups is 1. The summed E-state index contributed by atoms with van der Waals surface area (Å²) in [5.74, 6) is -0.0220. The van der Waals surface area contributed by atoms with Gasteiger partial charge in [0.05, 0.1) is 12.0 Å². The zero-order valence-electron chi connectivity index (χ0n) is 14.1. The third-order valence-electron chi connectivity index (χ3n) is 4.84. The van der Waals surface area contributed by atoms with Crippen LogP contribution >= 0.6 is 23.2 Å². The topological polar surface area (TPSA) is 41.1 Å². The third-order valence-corrected chi connectivity index (χ3v) is 5.40. The Morgan fingerprint density at radius 1 is 1.20 bits per heavy atom. The Morgan fingerprint density at radius 2 is 1.96 bits per heavy atom. The minimum atomic E-state index is -0.142. The van der Waals surface area contributed by atoms with Crippen molar-refractivity contribution in [3.63, 3.8) is 0 Å². The van der Waals surface area contributed by atoms with Crippen LogP contribution in [0.15, 0.2) is 48.5 Å². The SMILES string of the molecule is CCC(NC(=O)C1CNCC1c1ccc(Cl)cc1Cl)c1ccccc1. The summed E-state index contributed by atoms with van der Waals surface area (Å²) < 4.78 is 0. The van der Waals surface area contributed by atoms with Crippen molar-refractivity contribution in [3.8, 4) is 0 Å². The van der Waals surface area contributed by atoms with Crippen LogP contribution in [0, 0.1) is 5.92 Å². The average molecular weight is 377 g/mol. The third kappa shape index (κ3) is 4.17. The minimum Gasteiger partial charge on any atom is -0.349 e. The highest BCUT2D eigenvalue weighted by Gasteiger charge is 2.35. The van der Waals surface area contributed by atoms with Crippen LogP contribution in [0.1, 0.15) is 36.4 Å². The Hall–Kier alpha value is -1.55. The van der Waals surface area contributed by atoms with Gasteiger partial charge in [-0.3, -0.25) is 4.79 Å². The molecule has 1 aliphatic heterocycles. The van der Waals surface area contributed by atoms with Crippen molar-refractivity contribution in [2.75, 3.05) is 13.1 Å². The van der Waals surface area contributed by atoms with E-state index in [1.54, 1.807) is 6.07 Å². The van der Waals surface area contributed by atoms with Crippen molar-refractivity contribution in [2.45, 2.75) is 25.3 Å². The van der Waals surface area contributed by atoms with E-state index in [-0.39, 0.29) is 23.8 Å². The maximum absolute atomic E-state index is 12.9. The Kier molecular flexibility index (Phi) is 6.00. The molecule has 1 amide bonds. The van der Waals surface area contributed by atoms with Gasteiger partial charge in [-0.25, -0.2) is 0 Å². The lowest BCUT2D eigenvalue weighted by Gasteiger charge is -2.23. The summed E-state index contributed by atoms with van der Waals surface area (Å²) in [6, 6.07) is 15.6. The number of amides is 1. The van der Waals surface area contributed by atoms with Gasteiger partial charge in [-0.15, -0.1) is 0 Å². The van der Waals surface area contributed by atoms with E-state index in [0.29, 0.717) is 16.6 Å². The van der Waals surface area contributed by atoms with E-state index in [0.717, 1.165) is 24.1 Å². The number of hydrogen-bond acceptors (Lipinski definition) is 2. The van der Waals surface area contributed by atoms with Gasteiger partial charge in [0.25, 0.3) is 0 Å². The minimum absolute atomic E-state index is 0.0237. The van der Waals surface area contributed by atoms with Gasteiger partial charge in [0.2, 0.25) is 5.91 Å². The molecule has 2 aromatic rings. The number of rotatable bonds is 5. The van der Waals surface area contributed by atoms with Gasteiger partial charge < -0.3 is 10.6 Å². The number of benzene rings is 2. The normalized spacial score (nSPS) is 21.1. The predicted molar refractivity (Wildman–Crippen MR) is 103 cm³/mol. The highest BCUT2D eigenvalue weighted by Crippen LogP contribution is 2.35. The second-order valence-electron chi connectivity index (χ2n) is 6.42. The highest BCUT2D eigenvalue weighted by atomic mass is 35.5. The Labute approximate surface area is 158 Å². The lowest BCUT2D eigenvalue weighted by atomic mass is 9.88. The van der Waals surface area contributed by atoms with Crippen LogP contribution in [0.4, 0.5) is 0 Å². The first kappa shape index (κ1) is 18.2. The standard InChI is InChI=1S/C20H22Cl2N2O/c1-2-19(13-6-4-3-5-7-13)24-20(25)17-12-23-11-16(17)15-9-8-14(21)10-18(15)22/h3-10,16-17,19,23H,2,11-12H2,1H3,(H,24,25). The molecule has 3 atom stereocenters. The fourth-order valence-corrected chi connectivity index (χ4v) is 4.02. The fraction of sp³-hybridized carbons (Fsp3) is 0.350. The number of nitrogens with one attached hydrogen (secondary N) is 2. The molecule has 0 bridgehead atoms. The maximum Gasteiger partial charge on any atom is 0.225 e. The van der Waals surface area contributed by atoms with Gasteiger partial charge in [0, 0.05) is 29.1 Å². The van der Waals surface area contributed by atoms with Crippen molar-refractivity contribution in [2.24, 2.45) is 5.92 Å². The first-order valence-electron chi connectivity index (χ1n) is 8.61. The lowest BCUT2D eigenvalue weighted by molar-refractivity contribution is -0.125.